The summed E-state index contributed by atoms with van der Waals surface area (Å²) < 4.78 is 17.4. The van der Waals surface area contributed by atoms with Crippen molar-refractivity contribution in [2.24, 2.45) is 5.73 Å². The molecule has 0 spiro atoms. The van der Waals surface area contributed by atoms with Crippen molar-refractivity contribution < 1.29 is 14.2 Å². The zero-order chi connectivity index (χ0) is 15.1. The van der Waals surface area contributed by atoms with Gasteiger partial charge in [-0.3, -0.25) is 0 Å². The minimum Gasteiger partial charge on any atom is -0.495 e. The molecule has 5 heteroatoms. The van der Waals surface area contributed by atoms with E-state index >= 15 is 0 Å². The number of benzene rings is 1. The van der Waals surface area contributed by atoms with E-state index in [1.165, 1.54) is 0 Å². The zero-order valence-electron chi connectivity index (χ0n) is 12.6. The van der Waals surface area contributed by atoms with E-state index in [4.69, 9.17) is 19.9 Å². The third-order valence-electron chi connectivity index (χ3n) is 3.41. The van der Waals surface area contributed by atoms with Crippen LogP contribution in [0.25, 0.3) is 0 Å². The average molecular weight is 344 g/mol. The smallest absolute Gasteiger partial charge is 0.182 e. The summed E-state index contributed by atoms with van der Waals surface area (Å²) in [5, 5.41) is 0. The molecule has 1 saturated heterocycles. The van der Waals surface area contributed by atoms with Gasteiger partial charge in [0.1, 0.15) is 5.75 Å². The normalized spacial score (nSPS) is 24.1. The molecule has 2 N–H and O–H groups in total. The van der Waals surface area contributed by atoms with Gasteiger partial charge in [-0.1, -0.05) is 20.8 Å². The summed E-state index contributed by atoms with van der Waals surface area (Å²) in [5.41, 5.74) is 8.26. The lowest BCUT2D eigenvalue weighted by Crippen LogP contribution is -2.45. The van der Waals surface area contributed by atoms with Gasteiger partial charge in [0.15, 0.2) is 12.6 Å². The van der Waals surface area contributed by atoms with E-state index in [2.05, 4.69) is 42.8 Å². The first-order chi connectivity index (χ1) is 9.24. The highest BCUT2D eigenvalue weighted by Gasteiger charge is 2.34. The highest BCUT2D eigenvalue weighted by atomic mass is 79.9. The number of hydrogen-bond donors (Lipinski definition) is 1. The Bertz CT molecular complexity index is 493. The number of rotatable bonds is 3. The van der Waals surface area contributed by atoms with Crippen molar-refractivity contribution in [3.05, 3.63) is 27.7 Å². The molecule has 20 heavy (non-hydrogen) atoms. The second kappa shape index (κ2) is 5.64. The summed E-state index contributed by atoms with van der Waals surface area (Å²) in [7, 11) is 1.68. The molecule has 1 aromatic rings. The number of ether oxygens (including phenoxy) is 3. The SMILES string of the molecule is COc1c(Br)cc(C(N)C2OC(C)O2)cc1C(C)(C)C. The van der Waals surface area contributed by atoms with Gasteiger partial charge in [0.05, 0.1) is 17.6 Å². The molecular formula is C15H22BrNO3. The first kappa shape index (κ1) is 15.8. The van der Waals surface area contributed by atoms with Gasteiger partial charge in [-0.25, -0.2) is 0 Å². The quantitative estimate of drug-likeness (QED) is 0.912. The Balaban J connectivity index is 2.38. The molecule has 0 saturated carbocycles. The van der Waals surface area contributed by atoms with Crippen LogP contribution in [-0.4, -0.2) is 19.7 Å². The molecule has 1 aliphatic heterocycles. The van der Waals surface area contributed by atoms with Gasteiger partial charge in [0.2, 0.25) is 0 Å². The molecular weight excluding hydrogens is 322 g/mol. The van der Waals surface area contributed by atoms with E-state index in [1.807, 2.05) is 13.0 Å². The largest absolute Gasteiger partial charge is 0.495 e. The molecule has 4 nitrogen and oxygen atoms in total. The molecule has 1 unspecified atom stereocenters. The van der Waals surface area contributed by atoms with Crippen LogP contribution in [0.5, 0.6) is 5.75 Å². The van der Waals surface area contributed by atoms with Crippen molar-refractivity contribution in [2.45, 2.75) is 51.7 Å². The van der Waals surface area contributed by atoms with E-state index in [-0.39, 0.29) is 24.0 Å². The molecule has 1 aromatic carbocycles. The van der Waals surface area contributed by atoms with E-state index in [1.54, 1.807) is 7.11 Å². The average Bonchev–Trinajstić information content (AvgIpc) is 2.32. The second-order valence-corrected chi connectivity index (χ2v) is 6.92. The lowest BCUT2D eigenvalue weighted by molar-refractivity contribution is -0.382. The molecule has 1 atom stereocenters. The number of nitrogens with two attached hydrogens (primary N) is 1. The van der Waals surface area contributed by atoms with Crippen molar-refractivity contribution in [1.82, 2.24) is 0 Å². The zero-order valence-corrected chi connectivity index (χ0v) is 14.2. The van der Waals surface area contributed by atoms with Gasteiger partial charge in [0, 0.05) is 5.56 Å². The van der Waals surface area contributed by atoms with Gasteiger partial charge in [-0.2, -0.15) is 0 Å². The summed E-state index contributed by atoms with van der Waals surface area (Å²) in [5.74, 6) is 0.845. The Morgan fingerprint density at radius 1 is 1.30 bits per heavy atom. The summed E-state index contributed by atoms with van der Waals surface area (Å²) in [6.07, 6.45) is -0.548. The van der Waals surface area contributed by atoms with Crippen LogP contribution in [0.15, 0.2) is 16.6 Å². The van der Waals surface area contributed by atoms with Crippen LogP contribution in [0, 0.1) is 0 Å². The maximum absolute atomic E-state index is 6.22. The third-order valence-corrected chi connectivity index (χ3v) is 4.00. The molecule has 0 aromatic heterocycles. The van der Waals surface area contributed by atoms with Crippen LogP contribution >= 0.6 is 15.9 Å². The minimum absolute atomic E-state index is 0.0434. The van der Waals surface area contributed by atoms with Crippen molar-refractivity contribution in [3.8, 4) is 5.75 Å². The topological polar surface area (TPSA) is 53.7 Å². The van der Waals surface area contributed by atoms with Crippen molar-refractivity contribution in [1.29, 1.82) is 0 Å². The summed E-state index contributed by atoms with van der Waals surface area (Å²) in [6.45, 7) is 8.29. The summed E-state index contributed by atoms with van der Waals surface area (Å²) in [4.78, 5) is 0. The van der Waals surface area contributed by atoms with E-state index in [9.17, 15) is 0 Å². The molecule has 1 heterocycles. The van der Waals surface area contributed by atoms with Gasteiger partial charge in [-0.15, -0.1) is 0 Å². The maximum Gasteiger partial charge on any atom is 0.182 e. The van der Waals surface area contributed by atoms with E-state index in [0.29, 0.717) is 0 Å². The van der Waals surface area contributed by atoms with Crippen LogP contribution in [-0.2, 0) is 14.9 Å². The first-order valence-corrected chi connectivity index (χ1v) is 7.47. The van der Waals surface area contributed by atoms with E-state index < -0.39 is 0 Å². The monoisotopic (exact) mass is 343 g/mol. The molecule has 2 rings (SSSR count). The fourth-order valence-corrected chi connectivity index (χ4v) is 2.93. The van der Waals surface area contributed by atoms with Crippen molar-refractivity contribution in [3.63, 3.8) is 0 Å². The lowest BCUT2D eigenvalue weighted by Gasteiger charge is -2.38. The maximum atomic E-state index is 6.22. The predicted molar refractivity (Wildman–Crippen MR) is 81.7 cm³/mol. The third kappa shape index (κ3) is 3.01. The Labute approximate surface area is 128 Å². The number of halogens is 1. The number of methoxy groups -OCH3 is 1. The molecule has 1 fully saturated rings. The summed E-state index contributed by atoms with van der Waals surface area (Å²) >= 11 is 3.56. The fourth-order valence-electron chi connectivity index (χ4n) is 2.29. The molecule has 1 aliphatic rings. The van der Waals surface area contributed by atoms with Crippen molar-refractivity contribution >= 4 is 15.9 Å². The van der Waals surface area contributed by atoms with Crippen molar-refractivity contribution in [2.75, 3.05) is 7.11 Å². The standard InChI is InChI=1S/C15H22BrNO3/c1-8-19-14(20-8)12(17)9-6-10(15(2,3)4)13(18-5)11(16)7-9/h6-8,12,14H,17H2,1-5H3. The van der Waals surface area contributed by atoms with Crippen LogP contribution in [0.3, 0.4) is 0 Å². The van der Waals surface area contributed by atoms with E-state index in [0.717, 1.165) is 21.3 Å². The Morgan fingerprint density at radius 2 is 1.90 bits per heavy atom. The highest BCUT2D eigenvalue weighted by molar-refractivity contribution is 9.10. The molecule has 0 bridgehead atoms. The van der Waals surface area contributed by atoms with Crippen LogP contribution < -0.4 is 10.5 Å². The molecule has 0 aliphatic carbocycles. The second-order valence-electron chi connectivity index (χ2n) is 6.07. The molecule has 0 amide bonds. The van der Waals surface area contributed by atoms with Crippen LogP contribution in [0.2, 0.25) is 0 Å². The highest BCUT2D eigenvalue weighted by Crippen LogP contribution is 2.40. The number of hydrogen-bond acceptors (Lipinski definition) is 4. The Hall–Kier alpha value is -0.620. The van der Waals surface area contributed by atoms with Gasteiger partial charge >= 0.3 is 0 Å². The van der Waals surface area contributed by atoms with Gasteiger partial charge in [0.25, 0.3) is 0 Å². The predicted octanol–water partition coefficient (Wildman–Crippen LogP) is 3.47. The lowest BCUT2D eigenvalue weighted by atomic mass is 9.84. The van der Waals surface area contributed by atoms with Gasteiger partial charge < -0.3 is 19.9 Å². The Morgan fingerprint density at radius 3 is 2.35 bits per heavy atom. The fraction of sp³-hybridized carbons (Fsp3) is 0.600. The van der Waals surface area contributed by atoms with Crippen LogP contribution in [0.4, 0.5) is 0 Å². The Kier molecular flexibility index (Phi) is 4.44. The first-order valence-electron chi connectivity index (χ1n) is 6.68. The van der Waals surface area contributed by atoms with Gasteiger partial charge in [-0.05, 0) is 46.0 Å². The minimum atomic E-state index is -0.377. The molecule has 112 valence electrons. The molecule has 0 radical (unpaired) electrons. The van der Waals surface area contributed by atoms with Crippen LogP contribution in [0.1, 0.15) is 44.9 Å². The summed E-state index contributed by atoms with van der Waals surface area (Å²) in [6, 6.07) is 3.73.